The Balaban J connectivity index is 2.70. The van der Waals surface area contributed by atoms with Gasteiger partial charge in [0.15, 0.2) is 4.34 Å². The molecule has 0 spiro atoms. The molecular formula is C14H23NO3S2. The summed E-state index contributed by atoms with van der Waals surface area (Å²) >= 11 is 2.80. The van der Waals surface area contributed by atoms with Crippen molar-refractivity contribution in [3.8, 4) is 0 Å². The van der Waals surface area contributed by atoms with Gasteiger partial charge in [0, 0.05) is 0 Å². The minimum absolute atomic E-state index is 0.0149. The number of rotatable bonds is 5. The van der Waals surface area contributed by atoms with Crippen molar-refractivity contribution in [1.29, 1.82) is 0 Å². The SMILES string of the molecule is Cc1nc(SC(C)(C)C(=O)OCC(C)(C)C)sc1CO. The summed E-state index contributed by atoms with van der Waals surface area (Å²) in [5.74, 6) is -0.240. The molecule has 0 bridgehead atoms. The molecule has 0 atom stereocenters. The number of aryl methyl sites for hydroxylation is 1. The Morgan fingerprint density at radius 2 is 1.95 bits per heavy atom. The number of aliphatic hydroxyl groups excluding tert-OH is 1. The van der Waals surface area contributed by atoms with Crippen LogP contribution in [0.15, 0.2) is 4.34 Å². The van der Waals surface area contributed by atoms with Crippen LogP contribution in [0.3, 0.4) is 0 Å². The van der Waals surface area contributed by atoms with Gasteiger partial charge in [-0.2, -0.15) is 0 Å². The Labute approximate surface area is 128 Å². The van der Waals surface area contributed by atoms with E-state index in [0.717, 1.165) is 14.9 Å². The molecule has 6 heteroatoms. The van der Waals surface area contributed by atoms with Gasteiger partial charge in [0.05, 0.1) is 23.8 Å². The van der Waals surface area contributed by atoms with E-state index in [0.29, 0.717) is 6.61 Å². The van der Waals surface area contributed by atoms with Gasteiger partial charge in [-0.1, -0.05) is 32.5 Å². The van der Waals surface area contributed by atoms with Gasteiger partial charge in [0.25, 0.3) is 0 Å². The summed E-state index contributed by atoms with van der Waals surface area (Å²) in [6, 6.07) is 0. The molecule has 1 rings (SSSR count). The minimum Gasteiger partial charge on any atom is -0.464 e. The zero-order valence-corrected chi connectivity index (χ0v) is 14.6. The van der Waals surface area contributed by atoms with E-state index in [9.17, 15) is 9.90 Å². The number of carbonyl (C=O) groups excluding carboxylic acids is 1. The average Bonchev–Trinajstić information content (AvgIpc) is 2.64. The molecule has 0 amide bonds. The minimum atomic E-state index is -0.692. The third kappa shape index (κ3) is 5.07. The highest BCUT2D eigenvalue weighted by Crippen LogP contribution is 2.37. The van der Waals surface area contributed by atoms with E-state index in [1.54, 1.807) is 0 Å². The molecule has 1 aromatic heterocycles. The van der Waals surface area contributed by atoms with Crippen molar-refractivity contribution in [3.05, 3.63) is 10.6 Å². The molecule has 4 nitrogen and oxygen atoms in total. The summed E-state index contributed by atoms with van der Waals surface area (Å²) in [5, 5.41) is 9.18. The number of aromatic nitrogens is 1. The standard InChI is InChI=1S/C14H23NO3S2/c1-9-10(7-16)19-12(15-9)20-14(5,6)11(17)18-8-13(2,3)4/h16H,7-8H2,1-6H3. The van der Waals surface area contributed by atoms with E-state index < -0.39 is 4.75 Å². The lowest BCUT2D eigenvalue weighted by atomic mass is 9.99. The van der Waals surface area contributed by atoms with Crippen LogP contribution in [0.5, 0.6) is 0 Å². The molecule has 0 saturated carbocycles. The number of ether oxygens (including phenoxy) is 1. The summed E-state index contributed by atoms with van der Waals surface area (Å²) in [6.07, 6.45) is 0. The second-order valence-electron chi connectivity index (χ2n) is 6.40. The smallest absolute Gasteiger partial charge is 0.322 e. The van der Waals surface area contributed by atoms with E-state index in [4.69, 9.17) is 4.74 Å². The van der Waals surface area contributed by atoms with Gasteiger partial charge >= 0.3 is 5.97 Å². The lowest BCUT2D eigenvalue weighted by Crippen LogP contribution is -2.32. The van der Waals surface area contributed by atoms with Crippen molar-refractivity contribution in [2.45, 2.75) is 57.2 Å². The van der Waals surface area contributed by atoms with Gasteiger partial charge in [-0.3, -0.25) is 4.79 Å². The molecule has 1 N–H and O–H groups in total. The van der Waals surface area contributed by atoms with Crippen LogP contribution >= 0.6 is 23.1 Å². The normalized spacial score (nSPS) is 12.6. The molecule has 114 valence electrons. The van der Waals surface area contributed by atoms with E-state index in [1.165, 1.54) is 23.1 Å². The number of hydrogen-bond acceptors (Lipinski definition) is 6. The predicted molar refractivity (Wildman–Crippen MR) is 83.1 cm³/mol. The van der Waals surface area contributed by atoms with Crippen LogP contribution in [-0.4, -0.2) is 27.4 Å². The first-order valence-electron chi connectivity index (χ1n) is 6.48. The molecule has 0 saturated heterocycles. The molecule has 20 heavy (non-hydrogen) atoms. The summed E-state index contributed by atoms with van der Waals surface area (Å²) in [4.78, 5) is 17.4. The molecule has 0 radical (unpaired) electrons. The Morgan fingerprint density at radius 3 is 2.40 bits per heavy atom. The molecule has 1 heterocycles. The van der Waals surface area contributed by atoms with Crippen LogP contribution < -0.4 is 0 Å². The van der Waals surface area contributed by atoms with Gasteiger partial charge in [-0.05, 0) is 26.2 Å². The van der Waals surface area contributed by atoms with Gasteiger partial charge in [0.2, 0.25) is 0 Å². The average molecular weight is 317 g/mol. The van der Waals surface area contributed by atoms with Crippen LogP contribution in [-0.2, 0) is 16.1 Å². The monoisotopic (exact) mass is 317 g/mol. The van der Waals surface area contributed by atoms with Gasteiger partial charge < -0.3 is 9.84 Å². The molecule has 0 aliphatic heterocycles. The second-order valence-corrected chi connectivity index (χ2v) is 9.35. The zero-order valence-electron chi connectivity index (χ0n) is 12.9. The Morgan fingerprint density at radius 1 is 1.35 bits per heavy atom. The fraction of sp³-hybridized carbons (Fsp3) is 0.714. The molecule has 0 unspecified atom stereocenters. The fourth-order valence-corrected chi connectivity index (χ4v) is 3.81. The van der Waals surface area contributed by atoms with E-state index in [2.05, 4.69) is 4.98 Å². The van der Waals surface area contributed by atoms with Gasteiger partial charge in [0.1, 0.15) is 4.75 Å². The number of aliphatic hydroxyl groups is 1. The Hall–Kier alpha value is -0.590. The molecule has 1 aromatic rings. The van der Waals surface area contributed by atoms with Crippen molar-refractivity contribution < 1.29 is 14.6 Å². The number of thioether (sulfide) groups is 1. The maximum Gasteiger partial charge on any atom is 0.322 e. The van der Waals surface area contributed by atoms with Crippen LogP contribution in [0.25, 0.3) is 0 Å². The van der Waals surface area contributed by atoms with Crippen LogP contribution in [0.4, 0.5) is 0 Å². The molecule has 0 aliphatic rings. The van der Waals surface area contributed by atoms with E-state index >= 15 is 0 Å². The highest BCUT2D eigenvalue weighted by atomic mass is 32.2. The highest BCUT2D eigenvalue weighted by molar-refractivity contribution is 8.03. The maximum absolute atomic E-state index is 12.2. The predicted octanol–water partition coefficient (Wildman–Crippen LogP) is 3.40. The number of thiazole rings is 1. The molecular weight excluding hydrogens is 294 g/mol. The lowest BCUT2D eigenvalue weighted by Gasteiger charge is -2.24. The number of esters is 1. The topological polar surface area (TPSA) is 59.4 Å². The number of hydrogen-bond donors (Lipinski definition) is 1. The Kier molecular flexibility index (Phi) is 5.63. The first-order chi connectivity index (χ1) is 9.05. The van der Waals surface area contributed by atoms with Crippen LogP contribution in [0.2, 0.25) is 0 Å². The third-order valence-corrected chi connectivity index (χ3v) is 4.87. The van der Waals surface area contributed by atoms with Crippen molar-refractivity contribution in [2.75, 3.05) is 6.61 Å². The number of nitrogens with zero attached hydrogens (tertiary/aromatic N) is 1. The van der Waals surface area contributed by atoms with E-state index in [-0.39, 0.29) is 18.0 Å². The van der Waals surface area contributed by atoms with Crippen molar-refractivity contribution in [2.24, 2.45) is 5.41 Å². The summed E-state index contributed by atoms with van der Waals surface area (Å²) < 4.78 is 5.46. The van der Waals surface area contributed by atoms with Gasteiger partial charge in [-0.25, -0.2) is 4.98 Å². The third-order valence-electron chi connectivity index (χ3n) is 2.49. The second kappa shape index (κ2) is 6.45. The number of carbonyl (C=O) groups is 1. The largest absolute Gasteiger partial charge is 0.464 e. The van der Waals surface area contributed by atoms with Crippen molar-refractivity contribution >= 4 is 29.1 Å². The fourth-order valence-electron chi connectivity index (χ4n) is 1.31. The first kappa shape index (κ1) is 17.5. The van der Waals surface area contributed by atoms with Crippen molar-refractivity contribution in [1.82, 2.24) is 4.98 Å². The van der Waals surface area contributed by atoms with Gasteiger partial charge in [-0.15, -0.1) is 11.3 Å². The van der Waals surface area contributed by atoms with E-state index in [1.807, 2.05) is 41.5 Å². The summed E-state index contributed by atoms with van der Waals surface area (Å²) in [7, 11) is 0. The molecule has 0 fully saturated rings. The maximum atomic E-state index is 12.2. The first-order valence-corrected chi connectivity index (χ1v) is 8.12. The van der Waals surface area contributed by atoms with Crippen LogP contribution in [0.1, 0.15) is 45.2 Å². The molecule has 0 aromatic carbocycles. The quantitative estimate of drug-likeness (QED) is 0.666. The highest BCUT2D eigenvalue weighted by Gasteiger charge is 2.33. The zero-order chi connectivity index (χ0) is 15.6. The van der Waals surface area contributed by atoms with Crippen molar-refractivity contribution in [3.63, 3.8) is 0 Å². The summed E-state index contributed by atoms with van der Waals surface area (Å²) in [6.45, 7) is 12.0. The summed E-state index contributed by atoms with van der Waals surface area (Å²) in [5.41, 5.74) is 0.775. The Bertz CT molecular complexity index is 475. The molecule has 0 aliphatic carbocycles. The van der Waals surface area contributed by atoms with Crippen LogP contribution in [0, 0.1) is 12.3 Å². The lowest BCUT2D eigenvalue weighted by molar-refractivity contribution is -0.148.